The lowest BCUT2D eigenvalue weighted by molar-refractivity contribution is 0.0386. The zero-order chi connectivity index (χ0) is 20.4. The van der Waals surface area contributed by atoms with Crippen molar-refractivity contribution in [3.05, 3.63) is 47.9 Å². The lowest BCUT2D eigenvalue weighted by Crippen LogP contribution is -2.44. The highest BCUT2D eigenvalue weighted by molar-refractivity contribution is 14.0. The third-order valence-electron chi connectivity index (χ3n) is 4.11. The fourth-order valence-electron chi connectivity index (χ4n) is 2.58. The van der Waals surface area contributed by atoms with Gasteiger partial charge in [0.1, 0.15) is 11.4 Å². The number of rotatable bonds is 10. The van der Waals surface area contributed by atoms with E-state index in [9.17, 15) is 5.11 Å². The van der Waals surface area contributed by atoms with E-state index in [0.717, 1.165) is 17.7 Å². The van der Waals surface area contributed by atoms with Gasteiger partial charge in [-0.1, -0.05) is 13.0 Å². The SMILES string of the molecule is CCCOc1ccc(CN=C(NCC)NCC(C)(O)c2ccco2)cc1OC.I. The molecule has 0 fully saturated rings. The average Bonchev–Trinajstić information content (AvgIpc) is 3.24. The van der Waals surface area contributed by atoms with E-state index in [2.05, 4.69) is 22.5 Å². The Bertz CT molecular complexity index is 748. The number of nitrogens with one attached hydrogen (secondary N) is 2. The second kappa shape index (κ2) is 12.6. The van der Waals surface area contributed by atoms with Gasteiger partial charge in [0.25, 0.3) is 0 Å². The lowest BCUT2D eigenvalue weighted by Gasteiger charge is -2.22. The van der Waals surface area contributed by atoms with Crippen LogP contribution in [-0.4, -0.2) is 37.9 Å². The van der Waals surface area contributed by atoms with E-state index >= 15 is 0 Å². The summed E-state index contributed by atoms with van der Waals surface area (Å²) in [5, 5.41) is 16.9. The Labute approximate surface area is 189 Å². The molecule has 162 valence electrons. The molecule has 1 atom stereocenters. The van der Waals surface area contributed by atoms with Crippen molar-refractivity contribution in [2.75, 3.05) is 26.8 Å². The molecule has 2 rings (SSSR count). The molecule has 7 nitrogen and oxygen atoms in total. The van der Waals surface area contributed by atoms with Gasteiger partial charge < -0.3 is 29.6 Å². The van der Waals surface area contributed by atoms with Crippen LogP contribution in [0.3, 0.4) is 0 Å². The fourth-order valence-corrected chi connectivity index (χ4v) is 2.58. The van der Waals surface area contributed by atoms with E-state index in [1.807, 2.05) is 25.1 Å². The molecule has 1 aromatic heterocycles. The first-order valence-corrected chi connectivity index (χ1v) is 9.58. The van der Waals surface area contributed by atoms with E-state index in [1.54, 1.807) is 32.4 Å². The van der Waals surface area contributed by atoms with Crippen LogP contribution in [0, 0.1) is 0 Å². The minimum Gasteiger partial charge on any atom is -0.493 e. The zero-order valence-electron chi connectivity index (χ0n) is 17.5. The van der Waals surface area contributed by atoms with Gasteiger partial charge in [-0.25, -0.2) is 4.99 Å². The quantitative estimate of drug-likeness (QED) is 0.253. The minimum absolute atomic E-state index is 0. The number of aliphatic imine (C=N–C) groups is 1. The van der Waals surface area contributed by atoms with Crippen LogP contribution in [0.25, 0.3) is 0 Å². The standard InChI is InChI=1S/C21H31N3O4.HI/c1-5-11-27-17-10-9-16(13-18(17)26-4)14-23-20(22-6-2)24-15-21(3,25)19-8-7-12-28-19;/h7-10,12-13,25H,5-6,11,14-15H2,1-4H3,(H2,22,23,24);1H. The van der Waals surface area contributed by atoms with Gasteiger partial charge >= 0.3 is 0 Å². The molecule has 0 saturated heterocycles. The van der Waals surface area contributed by atoms with Crippen LogP contribution in [0.4, 0.5) is 0 Å². The van der Waals surface area contributed by atoms with Crippen molar-refractivity contribution < 1.29 is 19.0 Å². The second-order valence-electron chi connectivity index (χ2n) is 6.63. The molecule has 0 aliphatic carbocycles. The number of hydrogen-bond donors (Lipinski definition) is 3. The van der Waals surface area contributed by atoms with Crippen LogP contribution in [0.15, 0.2) is 46.0 Å². The predicted octanol–water partition coefficient (Wildman–Crippen LogP) is 3.66. The predicted molar refractivity (Wildman–Crippen MR) is 125 cm³/mol. The van der Waals surface area contributed by atoms with Gasteiger partial charge in [0.05, 0.1) is 33.1 Å². The smallest absolute Gasteiger partial charge is 0.191 e. The van der Waals surface area contributed by atoms with Crippen LogP contribution in [0.5, 0.6) is 11.5 Å². The van der Waals surface area contributed by atoms with Gasteiger partial charge in [0.2, 0.25) is 0 Å². The van der Waals surface area contributed by atoms with E-state index in [1.165, 1.54) is 0 Å². The van der Waals surface area contributed by atoms with Gasteiger partial charge in [-0.3, -0.25) is 0 Å². The van der Waals surface area contributed by atoms with Crippen molar-refractivity contribution in [2.24, 2.45) is 4.99 Å². The largest absolute Gasteiger partial charge is 0.493 e. The summed E-state index contributed by atoms with van der Waals surface area (Å²) in [4.78, 5) is 4.59. The Kier molecular flexibility index (Phi) is 10.9. The summed E-state index contributed by atoms with van der Waals surface area (Å²) in [5.74, 6) is 2.54. The third-order valence-corrected chi connectivity index (χ3v) is 4.11. The number of halogens is 1. The van der Waals surface area contributed by atoms with Crippen molar-refractivity contribution in [1.29, 1.82) is 0 Å². The first-order chi connectivity index (χ1) is 13.5. The number of guanidine groups is 1. The van der Waals surface area contributed by atoms with Crippen LogP contribution >= 0.6 is 24.0 Å². The number of aliphatic hydroxyl groups is 1. The maximum absolute atomic E-state index is 10.6. The van der Waals surface area contributed by atoms with Gasteiger partial charge in [0.15, 0.2) is 17.5 Å². The summed E-state index contributed by atoms with van der Waals surface area (Å²) in [7, 11) is 1.63. The van der Waals surface area contributed by atoms with Crippen LogP contribution < -0.4 is 20.1 Å². The molecule has 0 saturated carbocycles. The fraction of sp³-hybridized carbons (Fsp3) is 0.476. The highest BCUT2D eigenvalue weighted by atomic mass is 127. The molecule has 0 aliphatic heterocycles. The monoisotopic (exact) mass is 517 g/mol. The Balaban J connectivity index is 0.00000420. The van der Waals surface area contributed by atoms with Gasteiger partial charge in [-0.2, -0.15) is 0 Å². The van der Waals surface area contributed by atoms with Crippen molar-refractivity contribution in [1.82, 2.24) is 10.6 Å². The summed E-state index contributed by atoms with van der Waals surface area (Å²) in [5.41, 5.74) is -0.142. The summed E-state index contributed by atoms with van der Waals surface area (Å²) >= 11 is 0. The molecule has 1 unspecified atom stereocenters. The summed E-state index contributed by atoms with van der Waals surface area (Å²) in [6.07, 6.45) is 2.49. The number of ether oxygens (including phenoxy) is 2. The molecule has 29 heavy (non-hydrogen) atoms. The van der Waals surface area contributed by atoms with Crippen LogP contribution in [0.2, 0.25) is 0 Å². The van der Waals surface area contributed by atoms with E-state index in [4.69, 9.17) is 13.9 Å². The Hall–Kier alpha value is -1.94. The molecule has 0 radical (unpaired) electrons. The highest BCUT2D eigenvalue weighted by Crippen LogP contribution is 2.28. The molecule has 3 N–H and O–H groups in total. The molecular formula is C21H32IN3O4. The van der Waals surface area contributed by atoms with Crippen LogP contribution in [-0.2, 0) is 12.1 Å². The van der Waals surface area contributed by atoms with Gasteiger partial charge in [-0.15, -0.1) is 24.0 Å². The zero-order valence-corrected chi connectivity index (χ0v) is 19.9. The minimum atomic E-state index is -1.14. The summed E-state index contributed by atoms with van der Waals surface area (Å²) in [6, 6.07) is 9.31. The molecule has 2 aromatic rings. The van der Waals surface area contributed by atoms with E-state index in [-0.39, 0.29) is 30.5 Å². The van der Waals surface area contributed by atoms with E-state index in [0.29, 0.717) is 37.2 Å². The average molecular weight is 517 g/mol. The lowest BCUT2D eigenvalue weighted by atomic mass is 10.0. The van der Waals surface area contributed by atoms with Gasteiger partial charge in [0, 0.05) is 6.54 Å². The first kappa shape index (κ1) is 25.1. The molecule has 1 aromatic carbocycles. The second-order valence-corrected chi connectivity index (χ2v) is 6.63. The maximum Gasteiger partial charge on any atom is 0.191 e. The van der Waals surface area contributed by atoms with Gasteiger partial charge in [-0.05, 0) is 50.1 Å². The Morgan fingerprint density at radius 1 is 1.21 bits per heavy atom. The van der Waals surface area contributed by atoms with Crippen molar-refractivity contribution in [3.63, 3.8) is 0 Å². The number of hydrogen-bond acceptors (Lipinski definition) is 5. The number of methoxy groups -OCH3 is 1. The number of furan rings is 1. The Morgan fingerprint density at radius 2 is 2.00 bits per heavy atom. The molecule has 0 aliphatic rings. The molecule has 8 heteroatoms. The summed E-state index contributed by atoms with van der Waals surface area (Å²) < 4.78 is 16.4. The topological polar surface area (TPSA) is 88.2 Å². The molecule has 0 spiro atoms. The normalized spacial score (nSPS) is 13.2. The molecule has 0 bridgehead atoms. The molecule has 0 amide bonds. The number of nitrogens with zero attached hydrogens (tertiary/aromatic N) is 1. The third kappa shape index (κ3) is 7.77. The van der Waals surface area contributed by atoms with Crippen molar-refractivity contribution in [2.45, 2.75) is 39.3 Å². The first-order valence-electron chi connectivity index (χ1n) is 9.58. The van der Waals surface area contributed by atoms with Crippen LogP contribution in [0.1, 0.15) is 38.5 Å². The number of benzene rings is 1. The Morgan fingerprint density at radius 3 is 2.62 bits per heavy atom. The molecular weight excluding hydrogens is 485 g/mol. The summed E-state index contributed by atoms with van der Waals surface area (Å²) in [6.45, 7) is 7.84. The maximum atomic E-state index is 10.6. The van der Waals surface area contributed by atoms with Crippen molar-refractivity contribution in [3.8, 4) is 11.5 Å². The van der Waals surface area contributed by atoms with E-state index < -0.39 is 5.60 Å². The highest BCUT2D eigenvalue weighted by Gasteiger charge is 2.26. The van der Waals surface area contributed by atoms with Crippen molar-refractivity contribution >= 4 is 29.9 Å². The molecule has 1 heterocycles.